The molecule has 0 aromatic carbocycles. The first-order chi connectivity index (χ1) is 8.49. The minimum atomic E-state index is -4.00. The van der Waals surface area contributed by atoms with E-state index in [1.165, 1.54) is 12.8 Å². The fraction of sp³-hybridized carbons (Fsp3) is 1.00. The van der Waals surface area contributed by atoms with Gasteiger partial charge in [0.2, 0.25) is 0 Å². The van der Waals surface area contributed by atoms with Gasteiger partial charge in [-0.2, -0.15) is 13.2 Å². The summed E-state index contributed by atoms with van der Waals surface area (Å²) in [5.74, 6) is -0.244. The van der Waals surface area contributed by atoms with Gasteiger partial charge in [0.15, 0.2) is 0 Å². The van der Waals surface area contributed by atoms with E-state index < -0.39 is 12.1 Å². The zero-order valence-electron chi connectivity index (χ0n) is 11.1. The highest BCUT2D eigenvalue weighted by Gasteiger charge is 2.42. The fourth-order valence-corrected chi connectivity index (χ4v) is 3.08. The van der Waals surface area contributed by atoms with Crippen LogP contribution in [0.5, 0.6) is 0 Å². The maximum atomic E-state index is 12.7. The minimum absolute atomic E-state index is 0.0778. The maximum Gasteiger partial charge on any atom is 0.391 e. The van der Waals surface area contributed by atoms with Gasteiger partial charge >= 0.3 is 6.18 Å². The molecule has 106 valence electrons. The maximum absolute atomic E-state index is 12.7. The summed E-state index contributed by atoms with van der Waals surface area (Å²) in [6.45, 7) is 2.13. The van der Waals surface area contributed by atoms with Gasteiger partial charge < -0.3 is 5.32 Å². The molecule has 3 atom stereocenters. The summed E-state index contributed by atoms with van der Waals surface area (Å²) in [7, 11) is 0. The van der Waals surface area contributed by atoms with Gasteiger partial charge in [-0.05, 0) is 38.0 Å². The first-order valence-corrected chi connectivity index (χ1v) is 7.31. The van der Waals surface area contributed by atoms with Gasteiger partial charge in [-0.15, -0.1) is 0 Å². The molecule has 0 heterocycles. The standard InChI is InChI=1S/C14H24F3N/c1-2-12(8-10-6-7-10)18-13-5-3-4-11(9-13)14(15,16)17/h10-13,18H,2-9H2,1H3. The Hall–Kier alpha value is -0.250. The Labute approximate surface area is 108 Å². The number of alkyl halides is 3. The molecule has 0 saturated heterocycles. The Morgan fingerprint density at radius 2 is 1.89 bits per heavy atom. The third kappa shape index (κ3) is 4.15. The number of nitrogens with one attached hydrogen (secondary N) is 1. The lowest BCUT2D eigenvalue weighted by Gasteiger charge is -2.33. The molecule has 0 radical (unpaired) electrons. The molecule has 0 spiro atoms. The Bertz CT molecular complexity index is 260. The summed E-state index contributed by atoms with van der Waals surface area (Å²) in [6.07, 6.45) is 3.04. The molecular formula is C14H24F3N. The second kappa shape index (κ2) is 5.81. The number of hydrogen-bond acceptors (Lipinski definition) is 1. The number of hydrogen-bond donors (Lipinski definition) is 1. The van der Waals surface area contributed by atoms with Crippen molar-refractivity contribution >= 4 is 0 Å². The van der Waals surface area contributed by atoms with Crippen LogP contribution in [-0.2, 0) is 0 Å². The van der Waals surface area contributed by atoms with E-state index in [1.54, 1.807) is 0 Å². The van der Waals surface area contributed by atoms with Crippen LogP contribution in [0.1, 0.15) is 58.3 Å². The lowest BCUT2D eigenvalue weighted by atomic mass is 9.84. The summed E-state index contributed by atoms with van der Waals surface area (Å²) in [4.78, 5) is 0. The molecule has 0 amide bonds. The molecule has 18 heavy (non-hydrogen) atoms. The summed E-state index contributed by atoms with van der Waals surface area (Å²) in [5, 5.41) is 3.48. The van der Waals surface area contributed by atoms with E-state index in [0.717, 1.165) is 25.2 Å². The summed E-state index contributed by atoms with van der Waals surface area (Å²) in [5.41, 5.74) is 0. The normalized spacial score (nSPS) is 31.3. The first kappa shape index (κ1) is 14.2. The Morgan fingerprint density at radius 1 is 1.17 bits per heavy atom. The highest BCUT2D eigenvalue weighted by molar-refractivity contribution is 4.86. The Balaban J connectivity index is 1.80. The predicted molar refractivity (Wildman–Crippen MR) is 66.4 cm³/mol. The average molecular weight is 263 g/mol. The predicted octanol–water partition coefficient (Wildman–Crippen LogP) is 4.28. The molecule has 2 aliphatic carbocycles. The summed E-state index contributed by atoms with van der Waals surface area (Å²) < 4.78 is 38.2. The molecule has 2 saturated carbocycles. The van der Waals surface area contributed by atoms with E-state index in [-0.39, 0.29) is 12.5 Å². The van der Waals surface area contributed by atoms with Crippen molar-refractivity contribution in [1.29, 1.82) is 0 Å². The van der Waals surface area contributed by atoms with Crippen molar-refractivity contribution < 1.29 is 13.2 Å². The topological polar surface area (TPSA) is 12.0 Å². The van der Waals surface area contributed by atoms with Gasteiger partial charge in [-0.3, -0.25) is 0 Å². The lowest BCUT2D eigenvalue weighted by Crippen LogP contribution is -2.43. The highest BCUT2D eigenvalue weighted by Crippen LogP contribution is 2.38. The van der Waals surface area contributed by atoms with E-state index in [4.69, 9.17) is 0 Å². The van der Waals surface area contributed by atoms with Crippen LogP contribution in [-0.4, -0.2) is 18.3 Å². The number of halogens is 3. The van der Waals surface area contributed by atoms with Crippen molar-refractivity contribution in [3.63, 3.8) is 0 Å². The molecule has 0 aliphatic heterocycles. The van der Waals surface area contributed by atoms with E-state index >= 15 is 0 Å². The molecule has 4 heteroatoms. The monoisotopic (exact) mass is 263 g/mol. The SMILES string of the molecule is CCC(CC1CC1)NC1CCCC(C(F)(F)F)C1. The molecule has 2 fully saturated rings. The molecule has 0 aromatic rings. The molecular weight excluding hydrogens is 239 g/mol. The van der Waals surface area contributed by atoms with E-state index in [1.807, 2.05) is 0 Å². The van der Waals surface area contributed by atoms with Crippen LogP contribution >= 0.6 is 0 Å². The van der Waals surface area contributed by atoms with Gasteiger partial charge in [-0.1, -0.05) is 26.2 Å². The van der Waals surface area contributed by atoms with Crippen molar-refractivity contribution in [2.45, 2.75) is 76.6 Å². The molecule has 1 nitrogen and oxygen atoms in total. The van der Waals surface area contributed by atoms with Crippen molar-refractivity contribution in [3.05, 3.63) is 0 Å². The third-order valence-electron chi connectivity index (χ3n) is 4.42. The third-order valence-corrected chi connectivity index (χ3v) is 4.42. The van der Waals surface area contributed by atoms with Gasteiger partial charge in [0.1, 0.15) is 0 Å². The molecule has 0 bridgehead atoms. The van der Waals surface area contributed by atoms with Gasteiger partial charge in [0.25, 0.3) is 0 Å². The zero-order valence-corrected chi connectivity index (χ0v) is 11.1. The molecule has 2 rings (SSSR count). The second-order valence-electron chi connectivity index (χ2n) is 6.05. The van der Waals surface area contributed by atoms with Crippen LogP contribution in [0, 0.1) is 11.8 Å². The zero-order chi connectivity index (χ0) is 13.2. The van der Waals surface area contributed by atoms with E-state index in [2.05, 4.69) is 12.2 Å². The van der Waals surface area contributed by atoms with Crippen molar-refractivity contribution in [3.8, 4) is 0 Å². The summed E-state index contributed by atoms with van der Waals surface area (Å²) >= 11 is 0. The van der Waals surface area contributed by atoms with Crippen molar-refractivity contribution in [2.75, 3.05) is 0 Å². The quantitative estimate of drug-likeness (QED) is 0.780. The van der Waals surface area contributed by atoms with Crippen LogP contribution < -0.4 is 5.32 Å². The second-order valence-corrected chi connectivity index (χ2v) is 6.05. The van der Waals surface area contributed by atoms with E-state index in [9.17, 15) is 13.2 Å². The van der Waals surface area contributed by atoms with Gasteiger partial charge in [0.05, 0.1) is 5.92 Å². The van der Waals surface area contributed by atoms with Crippen LogP contribution in [0.3, 0.4) is 0 Å². The van der Waals surface area contributed by atoms with Crippen LogP contribution in [0.25, 0.3) is 0 Å². The first-order valence-electron chi connectivity index (χ1n) is 7.31. The Morgan fingerprint density at radius 3 is 2.44 bits per heavy atom. The molecule has 3 unspecified atom stereocenters. The molecule has 1 N–H and O–H groups in total. The van der Waals surface area contributed by atoms with Gasteiger partial charge in [0, 0.05) is 12.1 Å². The molecule has 2 aliphatic rings. The van der Waals surface area contributed by atoms with Crippen molar-refractivity contribution in [1.82, 2.24) is 5.32 Å². The number of rotatable bonds is 5. The average Bonchev–Trinajstić information content (AvgIpc) is 3.11. The lowest BCUT2D eigenvalue weighted by molar-refractivity contribution is -0.183. The van der Waals surface area contributed by atoms with Gasteiger partial charge in [-0.25, -0.2) is 0 Å². The Kier molecular flexibility index (Phi) is 4.57. The molecule has 0 aromatic heterocycles. The van der Waals surface area contributed by atoms with Crippen LogP contribution in [0.2, 0.25) is 0 Å². The van der Waals surface area contributed by atoms with Crippen molar-refractivity contribution in [2.24, 2.45) is 11.8 Å². The largest absolute Gasteiger partial charge is 0.391 e. The summed E-state index contributed by atoms with van der Waals surface area (Å²) in [6, 6.07) is 0.503. The fourth-order valence-electron chi connectivity index (χ4n) is 3.08. The highest BCUT2D eigenvalue weighted by atomic mass is 19.4. The van der Waals surface area contributed by atoms with Crippen LogP contribution in [0.4, 0.5) is 13.2 Å². The van der Waals surface area contributed by atoms with E-state index in [0.29, 0.717) is 18.9 Å². The van der Waals surface area contributed by atoms with Crippen LogP contribution in [0.15, 0.2) is 0 Å². The minimum Gasteiger partial charge on any atom is -0.311 e. The smallest absolute Gasteiger partial charge is 0.311 e.